The van der Waals surface area contributed by atoms with Gasteiger partial charge >= 0.3 is 23.2 Å². The third kappa shape index (κ3) is 10.7. The molecule has 0 rings (SSSR count). The van der Waals surface area contributed by atoms with E-state index in [0.717, 1.165) is 0 Å². The Bertz CT molecular complexity index is 77.2. The van der Waals surface area contributed by atoms with Crippen LogP contribution in [0.1, 0.15) is 0 Å². The van der Waals surface area contributed by atoms with Gasteiger partial charge in [0.05, 0.1) is 0 Å². The van der Waals surface area contributed by atoms with Crippen molar-refractivity contribution in [1.82, 2.24) is 0 Å². The minimum atomic E-state index is -4.54. The van der Waals surface area contributed by atoms with Crippen LogP contribution in [0.2, 0.25) is 0 Å². The van der Waals surface area contributed by atoms with Crippen molar-refractivity contribution in [1.29, 1.82) is 0 Å². The summed E-state index contributed by atoms with van der Waals surface area (Å²) in [6.45, 7) is 0. The normalized spacial score (nSPS) is 8.86. The van der Waals surface area contributed by atoms with Crippen LogP contribution in [0.25, 0.3) is 0 Å². The average molecular weight is 157 g/mol. The van der Waals surface area contributed by atoms with Crippen LogP contribution >= 0.6 is 0 Å². The molecule has 44 valence electrons. The van der Waals surface area contributed by atoms with E-state index in [9.17, 15) is 13.2 Å². The first-order valence-electron chi connectivity index (χ1n) is 1.07. The van der Waals surface area contributed by atoms with Crippen LogP contribution in [0.4, 0.5) is 13.2 Å². The molecule has 0 aromatic carbocycles. The van der Waals surface area contributed by atoms with Crippen LogP contribution in [0.15, 0.2) is 0 Å². The van der Waals surface area contributed by atoms with Crippen molar-refractivity contribution in [2.45, 2.75) is 6.18 Å². The molecule has 0 saturated carbocycles. The Kier molecular flexibility index (Phi) is 4.21. The van der Waals surface area contributed by atoms with Gasteiger partial charge in [0.15, 0.2) is 0 Å². The van der Waals surface area contributed by atoms with E-state index in [1.807, 2.05) is 0 Å². The summed E-state index contributed by atoms with van der Waals surface area (Å²) in [6, 6.07) is 0. The largest absolute Gasteiger partial charge is 1.00 e. The molecule has 0 spiro atoms. The van der Waals surface area contributed by atoms with E-state index in [4.69, 9.17) is 6.42 Å². The van der Waals surface area contributed by atoms with E-state index in [1.54, 1.807) is 0 Å². The van der Waals surface area contributed by atoms with Crippen molar-refractivity contribution in [2.75, 3.05) is 0 Å². The second-order valence-corrected chi connectivity index (χ2v) is 0.623. The molecule has 0 unspecified atom stereocenters. The van der Waals surface area contributed by atoms with E-state index >= 15 is 0 Å². The maximum absolute atomic E-state index is 10.5. The van der Waals surface area contributed by atoms with Gasteiger partial charge in [-0.1, -0.05) is 0 Å². The fourth-order valence-electron chi connectivity index (χ4n) is 0. The first kappa shape index (κ1) is 9.98. The average Bonchev–Trinajstić information content (AvgIpc) is 1.35. The van der Waals surface area contributed by atoms with E-state index in [0.29, 0.717) is 5.92 Å². The molecule has 0 heterocycles. The topological polar surface area (TPSA) is 0 Å². The van der Waals surface area contributed by atoms with Gasteiger partial charge in [0.1, 0.15) is 0 Å². The molecule has 0 N–H and O–H groups in total. The summed E-state index contributed by atoms with van der Waals surface area (Å²) in [5, 5.41) is 0. The number of hydrogen-bond donors (Lipinski definition) is 0. The molecule has 0 aliphatic rings. The van der Waals surface area contributed by atoms with Gasteiger partial charge in [0.25, 0.3) is 0 Å². The molecule has 7 heavy (non-hydrogen) atoms. The summed E-state index contributed by atoms with van der Waals surface area (Å²) in [4.78, 5) is 0. The Morgan fingerprint density at radius 3 is 1.43 bits per heavy atom. The number of halogens is 3. The second-order valence-electron chi connectivity index (χ2n) is 0.623. The zero-order chi connectivity index (χ0) is 5.21. The molecular weight excluding hydrogens is 157 g/mol. The predicted octanol–water partition coefficient (Wildman–Crippen LogP) is 1.14. The van der Waals surface area contributed by atoms with E-state index in [2.05, 4.69) is 0 Å². The molecule has 0 aromatic rings. The molecule has 0 aliphatic carbocycles. The van der Waals surface area contributed by atoms with Gasteiger partial charge in [0, 0.05) is 0 Å². The number of alkyl halides is 3. The molecule has 0 saturated heterocycles. The van der Waals surface area contributed by atoms with Gasteiger partial charge in [-0.2, -0.15) is 13.2 Å². The van der Waals surface area contributed by atoms with Crippen molar-refractivity contribution in [2.24, 2.45) is 0 Å². The van der Waals surface area contributed by atoms with Crippen LogP contribution in [0, 0.1) is 12.3 Å². The van der Waals surface area contributed by atoms with Crippen molar-refractivity contribution in [3.8, 4) is 5.92 Å². The number of hydrogen-bond acceptors (Lipinski definition) is 0. The summed E-state index contributed by atoms with van der Waals surface area (Å²) >= 11 is 0. The van der Waals surface area contributed by atoms with Gasteiger partial charge in [-0.05, 0) is 0 Å². The fraction of sp³-hybridized carbons (Fsp3) is 0.333. The van der Waals surface area contributed by atoms with Crippen molar-refractivity contribution < 1.29 is 30.2 Å². The van der Waals surface area contributed by atoms with Crippen LogP contribution in [0.3, 0.4) is 0 Å². The molecule has 0 fully saturated rings. The Balaban J connectivity index is 0. The van der Waals surface area contributed by atoms with Crippen LogP contribution in [0.5, 0.6) is 0 Å². The Morgan fingerprint density at radius 2 is 1.43 bits per heavy atom. The molecule has 0 aromatic heterocycles. The Morgan fingerprint density at radius 1 is 1.29 bits per heavy atom. The SMILES string of the molecule is [C-]#CC(F)(F)F.[Cu+]. The third-order valence-electron chi connectivity index (χ3n) is 0.142. The summed E-state index contributed by atoms with van der Waals surface area (Å²) in [6.07, 6.45) is 0.938. The van der Waals surface area contributed by atoms with E-state index in [1.165, 1.54) is 0 Å². The Hall–Kier alpha value is -0.131. The van der Waals surface area contributed by atoms with Crippen LogP contribution in [-0.4, -0.2) is 6.18 Å². The van der Waals surface area contributed by atoms with Crippen LogP contribution < -0.4 is 0 Å². The molecule has 0 atom stereocenters. The van der Waals surface area contributed by atoms with Gasteiger partial charge in [-0.15, -0.1) is 0 Å². The molecular formula is C3CuF3. The Labute approximate surface area is 49.6 Å². The van der Waals surface area contributed by atoms with Crippen molar-refractivity contribution >= 4 is 0 Å². The maximum atomic E-state index is 10.5. The summed E-state index contributed by atoms with van der Waals surface area (Å²) < 4.78 is 31.5. The number of rotatable bonds is 0. The summed E-state index contributed by atoms with van der Waals surface area (Å²) in [5.41, 5.74) is 0. The molecule has 0 amide bonds. The first-order valence-corrected chi connectivity index (χ1v) is 1.07. The standard InChI is InChI=1S/C3F3.Cu/c1-2-3(4,5)6;/q-1;+1. The quantitative estimate of drug-likeness (QED) is 0.280. The van der Waals surface area contributed by atoms with Gasteiger partial charge in [0.2, 0.25) is 0 Å². The summed E-state index contributed by atoms with van der Waals surface area (Å²) in [5.74, 6) is 0.354. The van der Waals surface area contributed by atoms with Gasteiger partial charge in [-0.25, -0.2) is 5.92 Å². The minimum absolute atomic E-state index is 0. The van der Waals surface area contributed by atoms with Crippen molar-refractivity contribution in [3.05, 3.63) is 6.42 Å². The zero-order valence-electron chi connectivity index (χ0n) is 2.94. The molecule has 0 aliphatic heterocycles. The van der Waals surface area contributed by atoms with Crippen LogP contribution in [-0.2, 0) is 17.1 Å². The molecule has 0 bridgehead atoms. The molecule has 4 heteroatoms. The zero-order valence-corrected chi connectivity index (χ0v) is 3.88. The molecule has 0 nitrogen and oxygen atoms in total. The first-order chi connectivity index (χ1) is 2.56. The second kappa shape index (κ2) is 2.95. The van der Waals surface area contributed by atoms with Gasteiger partial charge < -0.3 is 6.42 Å². The third-order valence-corrected chi connectivity index (χ3v) is 0.142. The summed E-state index contributed by atoms with van der Waals surface area (Å²) in [7, 11) is 0. The van der Waals surface area contributed by atoms with Gasteiger partial charge in [-0.3, -0.25) is 0 Å². The predicted molar refractivity (Wildman–Crippen MR) is 13.2 cm³/mol. The van der Waals surface area contributed by atoms with E-state index in [-0.39, 0.29) is 17.1 Å². The van der Waals surface area contributed by atoms with E-state index < -0.39 is 6.18 Å². The van der Waals surface area contributed by atoms with Crippen molar-refractivity contribution in [3.63, 3.8) is 0 Å². The fourth-order valence-corrected chi connectivity index (χ4v) is 0. The monoisotopic (exact) mass is 156 g/mol. The minimum Gasteiger partial charge on any atom is -0.685 e. The maximum Gasteiger partial charge on any atom is 1.00 e. The smallest absolute Gasteiger partial charge is 0.685 e. The molecule has 0 radical (unpaired) electrons.